The highest BCUT2D eigenvalue weighted by molar-refractivity contribution is 6.01. The van der Waals surface area contributed by atoms with Crippen molar-refractivity contribution in [2.24, 2.45) is 5.92 Å². The van der Waals surface area contributed by atoms with Crippen molar-refractivity contribution in [1.29, 1.82) is 0 Å². The summed E-state index contributed by atoms with van der Waals surface area (Å²) in [7, 11) is 4.09. The van der Waals surface area contributed by atoms with Crippen molar-refractivity contribution >= 4 is 11.9 Å². The molecule has 1 saturated carbocycles. The predicted molar refractivity (Wildman–Crippen MR) is 105 cm³/mol. The topological polar surface area (TPSA) is 20.3 Å². The Balaban J connectivity index is 1.80. The summed E-state index contributed by atoms with van der Waals surface area (Å²) in [5.74, 6) is 0.491. The SMILES string of the molecule is CN(C)CC1CCCCC(=Cc2ccc(-c3ccccc3)cc2)C1=O. The van der Waals surface area contributed by atoms with Crippen molar-refractivity contribution in [3.05, 3.63) is 65.7 Å². The number of rotatable bonds is 4. The molecular weight excluding hydrogens is 306 g/mol. The average Bonchev–Trinajstić information content (AvgIpc) is 2.79. The van der Waals surface area contributed by atoms with E-state index in [4.69, 9.17) is 0 Å². The van der Waals surface area contributed by atoms with Crippen LogP contribution < -0.4 is 0 Å². The Hall–Kier alpha value is -2.19. The summed E-state index contributed by atoms with van der Waals surface area (Å²) >= 11 is 0. The van der Waals surface area contributed by atoms with Crippen LogP contribution in [0.15, 0.2) is 60.2 Å². The van der Waals surface area contributed by atoms with Gasteiger partial charge in [0.15, 0.2) is 5.78 Å². The molecule has 0 saturated heterocycles. The fourth-order valence-electron chi connectivity index (χ4n) is 3.58. The van der Waals surface area contributed by atoms with Crippen molar-refractivity contribution < 1.29 is 4.79 Å². The second kappa shape index (κ2) is 8.26. The maximum atomic E-state index is 12.9. The van der Waals surface area contributed by atoms with Gasteiger partial charge in [-0.15, -0.1) is 0 Å². The molecule has 0 amide bonds. The molecule has 25 heavy (non-hydrogen) atoms. The Morgan fingerprint density at radius 3 is 2.32 bits per heavy atom. The van der Waals surface area contributed by atoms with Crippen LogP contribution in [0.4, 0.5) is 0 Å². The standard InChI is InChI=1S/C23H27NO/c1-24(2)17-22-11-7-6-10-21(23(22)25)16-18-12-14-20(15-13-18)19-8-4-3-5-9-19/h3-5,8-9,12-16,22H,6-7,10-11,17H2,1-2H3. The third-order valence-electron chi connectivity index (χ3n) is 4.88. The molecule has 0 aliphatic heterocycles. The summed E-state index contributed by atoms with van der Waals surface area (Å²) < 4.78 is 0. The van der Waals surface area contributed by atoms with Crippen LogP contribution in [0.3, 0.4) is 0 Å². The van der Waals surface area contributed by atoms with Crippen LogP contribution in [-0.4, -0.2) is 31.3 Å². The number of hydrogen-bond acceptors (Lipinski definition) is 2. The van der Waals surface area contributed by atoms with Gasteiger partial charge in [0.1, 0.15) is 0 Å². The summed E-state index contributed by atoms with van der Waals surface area (Å²) in [6, 6.07) is 18.9. The molecule has 0 heterocycles. The van der Waals surface area contributed by atoms with E-state index in [1.54, 1.807) is 0 Å². The third-order valence-corrected chi connectivity index (χ3v) is 4.88. The summed E-state index contributed by atoms with van der Waals surface area (Å²) in [6.07, 6.45) is 6.29. The maximum absolute atomic E-state index is 12.9. The number of carbonyl (C=O) groups is 1. The van der Waals surface area contributed by atoms with E-state index in [1.807, 2.05) is 20.2 Å². The molecule has 0 aromatic heterocycles. The van der Waals surface area contributed by atoms with Crippen LogP contribution in [0.25, 0.3) is 17.2 Å². The molecule has 2 heteroatoms. The van der Waals surface area contributed by atoms with E-state index in [2.05, 4.69) is 59.5 Å². The van der Waals surface area contributed by atoms with Crippen molar-refractivity contribution in [3.63, 3.8) is 0 Å². The summed E-state index contributed by atoms with van der Waals surface area (Å²) in [6.45, 7) is 0.850. The average molecular weight is 333 g/mol. The Morgan fingerprint density at radius 1 is 0.960 bits per heavy atom. The third kappa shape index (κ3) is 4.67. The number of allylic oxidation sites excluding steroid dienone is 1. The van der Waals surface area contributed by atoms with Gasteiger partial charge in [-0.3, -0.25) is 4.79 Å². The van der Waals surface area contributed by atoms with Gasteiger partial charge < -0.3 is 4.90 Å². The van der Waals surface area contributed by atoms with E-state index in [0.29, 0.717) is 5.78 Å². The van der Waals surface area contributed by atoms with Gasteiger partial charge in [-0.1, -0.05) is 61.0 Å². The van der Waals surface area contributed by atoms with E-state index >= 15 is 0 Å². The van der Waals surface area contributed by atoms with Gasteiger partial charge in [0, 0.05) is 12.5 Å². The van der Waals surface area contributed by atoms with Gasteiger partial charge in [-0.05, 0) is 61.7 Å². The predicted octanol–water partition coefficient (Wildman–Crippen LogP) is 5.06. The minimum Gasteiger partial charge on any atom is -0.309 e. The van der Waals surface area contributed by atoms with Crippen LogP contribution in [0.1, 0.15) is 31.2 Å². The van der Waals surface area contributed by atoms with E-state index in [9.17, 15) is 4.79 Å². The highest BCUT2D eigenvalue weighted by atomic mass is 16.1. The molecule has 0 spiro atoms. The second-order valence-electron chi connectivity index (χ2n) is 7.23. The lowest BCUT2D eigenvalue weighted by atomic mass is 9.94. The second-order valence-corrected chi connectivity index (χ2v) is 7.23. The molecule has 1 aliphatic carbocycles. The van der Waals surface area contributed by atoms with Crippen LogP contribution in [-0.2, 0) is 4.79 Å². The molecule has 1 aliphatic rings. The van der Waals surface area contributed by atoms with Crippen LogP contribution in [0.2, 0.25) is 0 Å². The molecule has 1 fully saturated rings. The Morgan fingerprint density at radius 2 is 1.64 bits per heavy atom. The van der Waals surface area contributed by atoms with Crippen molar-refractivity contribution in [1.82, 2.24) is 4.90 Å². The fourth-order valence-corrected chi connectivity index (χ4v) is 3.58. The fraction of sp³-hybridized carbons (Fsp3) is 0.348. The molecule has 0 radical (unpaired) electrons. The molecule has 0 bridgehead atoms. The van der Waals surface area contributed by atoms with Crippen LogP contribution >= 0.6 is 0 Å². The number of ketones is 1. The quantitative estimate of drug-likeness (QED) is 0.576. The number of carbonyl (C=O) groups excluding carboxylic acids is 1. The summed E-state index contributed by atoms with van der Waals surface area (Å²) in [5.41, 5.74) is 4.55. The van der Waals surface area contributed by atoms with E-state index in [0.717, 1.165) is 43.4 Å². The molecule has 0 N–H and O–H groups in total. The first-order valence-electron chi connectivity index (χ1n) is 9.18. The molecule has 1 unspecified atom stereocenters. The number of Topliss-reactive ketones (excluding diaryl/α,β-unsaturated/α-hetero) is 1. The molecule has 2 aromatic carbocycles. The van der Waals surface area contributed by atoms with Gasteiger partial charge in [0.25, 0.3) is 0 Å². The lowest BCUT2D eigenvalue weighted by Crippen LogP contribution is -2.27. The Labute approximate surface area is 151 Å². The number of hydrogen-bond donors (Lipinski definition) is 0. The number of nitrogens with zero attached hydrogens (tertiary/aromatic N) is 1. The highest BCUT2D eigenvalue weighted by Crippen LogP contribution is 2.27. The zero-order chi connectivity index (χ0) is 17.6. The van der Waals surface area contributed by atoms with Crippen molar-refractivity contribution in [3.8, 4) is 11.1 Å². The first kappa shape index (κ1) is 17.6. The van der Waals surface area contributed by atoms with E-state index in [-0.39, 0.29) is 5.92 Å². The minimum atomic E-state index is 0.146. The van der Waals surface area contributed by atoms with Gasteiger partial charge in [-0.25, -0.2) is 0 Å². The molecule has 130 valence electrons. The van der Waals surface area contributed by atoms with Gasteiger partial charge >= 0.3 is 0 Å². The highest BCUT2D eigenvalue weighted by Gasteiger charge is 2.25. The van der Waals surface area contributed by atoms with Gasteiger partial charge in [-0.2, -0.15) is 0 Å². The molecule has 3 rings (SSSR count). The van der Waals surface area contributed by atoms with Gasteiger partial charge in [0.05, 0.1) is 0 Å². The monoisotopic (exact) mass is 333 g/mol. The minimum absolute atomic E-state index is 0.146. The Bertz CT molecular complexity index is 728. The first-order valence-corrected chi connectivity index (χ1v) is 9.18. The number of benzene rings is 2. The zero-order valence-corrected chi connectivity index (χ0v) is 15.2. The molecular formula is C23H27NO. The largest absolute Gasteiger partial charge is 0.309 e. The maximum Gasteiger partial charge on any atom is 0.163 e. The molecule has 1 atom stereocenters. The van der Waals surface area contributed by atoms with Gasteiger partial charge in [0.2, 0.25) is 0 Å². The lowest BCUT2D eigenvalue weighted by Gasteiger charge is -2.18. The van der Waals surface area contributed by atoms with Crippen molar-refractivity contribution in [2.45, 2.75) is 25.7 Å². The first-order chi connectivity index (χ1) is 12.1. The molecule has 2 aromatic rings. The van der Waals surface area contributed by atoms with Crippen molar-refractivity contribution in [2.75, 3.05) is 20.6 Å². The Kier molecular flexibility index (Phi) is 5.83. The van der Waals surface area contributed by atoms with E-state index < -0.39 is 0 Å². The zero-order valence-electron chi connectivity index (χ0n) is 15.2. The smallest absolute Gasteiger partial charge is 0.163 e. The van der Waals surface area contributed by atoms with Crippen LogP contribution in [0, 0.1) is 5.92 Å². The summed E-state index contributed by atoms with van der Waals surface area (Å²) in [4.78, 5) is 15.0. The van der Waals surface area contributed by atoms with Crippen LogP contribution in [0.5, 0.6) is 0 Å². The van der Waals surface area contributed by atoms with E-state index in [1.165, 1.54) is 11.1 Å². The normalized spacial score (nSPS) is 20.0. The molecule has 2 nitrogen and oxygen atoms in total. The summed E-state index contributed by atoms with van der Waals surface area (Å²) in [5, 5.41) is 0. The lowest BCUT2D eigenvalue weighted by molar-refractivity contribution is -0.119.